The van der Waals surface area contributed by atoms with E-state index in [4.69, 9.17) is 4.74 Å². The molecule has 1 amide bonds. The van der Waals surface area contributed by atoms with Crippen LogP contribution >= 0.6 is 0 Å². The van der Waals surface area contributed by atoms with Crippen LogP contribution in [0.3, 0.4) is 0 Å². The fraction of sp³-hybridized carbons (Fsp3) is 0.810. The molecule has 5 fully saturated rings. The fourth-order valence-corrected chi connectivity index (χ4v) is 13.0. The zero-order chi connectivity index (χ0) is 35.8. The summed E-state index contributed by atoms with van der Waals surface area (Å²) in [5.74, 6) is 0.674. The minimum atomic E-state index is -1.14. The number of fused-ring (bicyclic) bond motifs is 5. The van der Waals surface area contributed by atoms with Gasteiger partial charge in [-0.05, 0) is 137 Å². The number of hydrogen-bond acceptors (Lipinski definition) is 5. The lowest BCUT2D eigenvalue weighted by Crippen LogP contribution is -2.67. The van der Waals surface area contributed by atoms with Gasteiger partial charge in [-0.1, -0.05) is 61.0 Å². The van der Waals surface area contributed by atoms with Crippen LogP contribution in [0.5, 0.6) is 0 Å². The van der Waals surface area contributed by atoms with Gasteiger partial charge >= 0.3 is 11.9 Å². The highest BCUT2D eigenvalue weighted by Gasteiger charge is 2.70. The van der Waals surface area contributed by atoms with Gasteiger partial charge < -0.3 is 15.2 Å². The predicted molar refractivity (Wildman–Crippen MR) is 191 cm³/mol. The van der Waals surface area contributed by atoms with E-state index in [0.29, 0.717) is 23.7 Å². The summed E-state index contributed by atoms with van der Waals surface area (Å²) >= 11 is 0. The van der Waals surface area contributed by atoms with E-state index in [9.17, 15) is 19.5 Å². The largest absolute Gasteiger partial charge is 0.481 e. The molecule has 5 saturated carbocycles. The van der Waals surface area contributed by atoms with E-state index in [1.165, 1.54) is 6.42 Å². The van der Waals surface area contributed by atoms with Crippen LogP contribution in [0.25, 0.3) is 0 Å². The predicted octanol–water partition coefficient (Wildman–Crippen LogP) is 9.09. The molecule has 49 heavy (non-hydrogen) atoms. The molecule has 6 rings (SSSR count). The minimum Gasteiger partial charge on any atom is -0.481 e. The van der Waals surface area contributed by atoms with Crippen molar-refractivity contribution in [1.82, 2.24) is 10.3 Å². The lowest BCUT2D eigenvalue weighted by atomic mass is 9.32. The van der Waals surface area contributed by atoms with Crippen LogP contribution in [0, 0.1) is 56.2 Å². The zero-order valence-corrected chi connectivity index (χ0v) is 31.9. The normalized spacial score (nSPS) is 40.6. The maximum atomic E-state index is 14.6. The van der Waals surface area contributed by atoms with Crippen molar-refractivity contribution in [3.05, 3.63) is 30.1 Å². The van der Waals surface area contributed by atoms with E-state index in [0.717, 1.165) is 76.3 Å². The number of rotatable bonds is 9. The maximum absolute atomic E-state index is 14.6. The van der Waals surface area contributed by atoms with Gasteiger partial charge in [0.2, 0.25) is 5.91 Å². The second-order valence-corrected chi connectivity index (χ2v) is 19.3. The molecule has 0 bridgehead atoms. The van der Waals surface area contributed by atoms with Gasteiger partial charge in [0.1, 0.15) is 6.10 Å². The number of carboxylic acid groups (broad SMARTS) is 1. The molecule has 1 aromatic rings. The van der Waals surface area contributed by atoms with E-state index >= 15 is 0 Å². The summed E-state index contributed by atoms with van der Waals surface area (Å²) in [5.41, 5.74) is -0.553. The van der Waals surface area contributed by atoms with Crippen molar-refractivity contribution in [1.29, 1.82) is 0 Å². The Morgan fingerprint density at radius 1 is 0.918 bits per heavy atom. The Kier molecular flexibility index (Phi) is 8.96. The smallest absolute Gasteiger partial charge is 0.309 e. The molecular weight excluding hydrogens is 612 g/mol. The number of pyridine rings is 1. The molecule has 272 valence electrons. The Labute approximate surface area is 295 Å². The SMILES string of the molecule is CCCC1(C(=O)NC2(c3ccccn3)CC2)CC[C@]2(C)C(CCC3C4(C)CCC(OC(=O)CC(C)(C)C(=O)O)C(C)(C)C4CCC32C)C1C. The number of aromatic nitrogens is 1. The third-order valence-electron chi connectivity index (χ3n) is 16.3. The Morgan fingerprint density at radius 2 is 1.63 bits per heavy atom. The zero-order valence-electron chi connectivity index (χ0n) is 31.9. The molecule has 9 atom stereocenters. The number of ether oxygens (including phenoxy) is 1. The van der Waals surface area contributed by atoms with Crippen molar-refractivity contribution >= 4 is 17.8 Å². The Bertz CT molecular complexity index is 1450. The number of nitrogens with zero attached hydrogens (tertiary/aromatic N) is 1. The summed E-state index contributed by atoms with van der Waals surface area (Å²) in [4.78, 5) is 44.0. The van der Waals surface area contributed by atoms with Gasteiger partial charge in [-0.3, -0.25) is 19.4 Å². The van der Waals surface area contributed by atoms with Crippen molar-refractivity contribution in [2.24, 2.45) is 56.2 Å². The summed E-state index contributed by atoms with van der Waals surface area (Å²) in [5, 5.41) is 13.2. The van der Waals surface area contributed by atoms with Gasteiger partial charge in [-0.15, -0.1) is 0 Å². The van der Waals surface area contributed by atoms with Crippen LogP contribution in [0.2, 0.25) is 0 Å². The summed E-state index contributed by atoms with van der Waals surface area (Å²) in [6, 6.07) is 6.05. The molecule has 0 saturated heterocycles. The number of carbonyl (C=O) groups excluding carboxylic acids is 2. The number of aliphatic carboxylic acids is 1. The third-order valence-corrected chi connectivity index (χ3v) is 16.3. The number of esters is 1. The molecule has 0 aliphatic heterocycles. The first-order chi connectivity index (χ1) is 22.8. The summed E-state index contributed by atoms with van der Waals surface area (Å²) in [6.07, 6.45) is 13.9. The molecule has 1 heterocycles. The van der Waals surface area contributed by atoms with Gasteiger partial charge in [0.25, 0.3) is 0 Å². The second kappa shape index (κ2) is 12.1. The molecule has 0 radical (unpaired) electrons. The van der Waals surface area contributed by atoms with Gasteiger partial charge in [-0.25, -0.2) is 0 Å². The van der Waals surface area contributed by atoms with E-state index in [2.05, 4.69) is 64.8 Å². The number of hydrogen-bond donors (Lipinski definition) is 2. The molecule has 2 N–H and O–H groups in total. The molecular formula is C42H64N2O5. The quantitative estimate of drug-likeness (QED) is 0.253. The minimum absolute atomic E-state index is 0.114. The summed E-state index contributed by atoms with van der Waals surface area (Å²) < 4.78 is 6.16. The second-order valence-electron chi connectivity index (χ2n) is 19.3. The van der Waals surface area contributed by atoms with Crippen molar-refractivity contribution in [2.45, 2.75) is 157 Å². The Hall–Kier alpha value is -2.44. The fourth-order valence-electron chi connectivity index (χ4n) is 13.0. The first kappa shape index (κ1) is 36.4. The first-order valence-electron chi connectivity index (χ1n) is 19.5. The monoisotopic (exact) mass is 676 g/mol. The van der Waals surface area contributed by atoms with Crippen LogP contribution in [-0.4, -0.2) is 34.0 Å². The van der Waals surface area contributed by atoms with Crippen molar-refractivity contribution < 1.29 is 24.2 Å². The molecule has 8 unspecified atom stereocenters. The summed E-state index contributed by atoms with van der Waals surface area (Å²) in [6.45, 7) is 20.2. The molecule has 5 aliphatic rings. The number of carboxylic acids is 1. The van der Waals surface area contributed by atoms with Crippen molar-refractivity contribution in [3.63, 3.8) is 0 Å². The highest BCUT2D eigenvalue weighted by atomic mass is 16.5. The van der Waals surface area contributed by atoms with Crippen LogP contribution in [0.1, 0.15) is 151 Å². The number of carbonyl (C=O) groups is 3. The van der Waals surface area contributed by atoms with E-state index in [-0.39, 0.29) is 51.0 Å². The van der Waals surface area contributed by atoms with E-state index < -0.39 is 17.4 Å². The van der Waals surface area contributed by atoms with Gasteiger partial charge in [0.05, 0.1) is 28.5 Å². The highest BCUT2D eigenvalue weighted by Crippen LogP contribution is 2.76. The van der Waals surface area contributed by atoms with E-state index in [1.54, 1.807) is 13.8 Å². The topological polar surface area (TPSA) is 106 Å². The standard InChI is InChI=1S/C42H64N2O5/c1-10-18-41(34(46)44-42(23-24-42)31-13-11-12-25-43-31)22-21-39(8)28(27(41)2)14-15-30-38(7)19-17-32(49-33(45)26-36(3,4)35(47)48)37(5,6)29(38)16-20-40(30,39)9/h11-13,25,27-30,32H,10,14-24,26H2,1-9H3,(H,44,46)(H,47,48)/t27?,28?,29?,30?,32?,38?,39-,40?,41?/m1/s1. The lowest BCUT2D eigenvalue weighted by molar-refractivity contribution is -0.249. The van der Waals surface area contributed by atoms with Crippen molar-refractivity contribution in [2.75, 3.05) is 0 Å². The molecule has 7 nitrogen and oxygen atoms in total. The molecule has 0 aromatic carbocycles. The van der Waals surface area contributed by atoms with Crippen LogP contribution in [0.4, 0.5) is 0 Å². The molecule has 7 heteroatoms. The number of nitrogens with one attached hydrogen (secondary N) is 1. The van der Waals surface area contributed by atoms with Crippen LogP contribution in [-0.2, 0) is 24.7 Å². The molecule has 0 spiro atoms. The van der Waals surface area contributed by atoms with Gasteiger partial charge in [0, 0.05) is 11.6 Å². The van der Waals surface area contributed by atoms with E-state index in [1.807, 2.05) is 18.3 Å². The van der Waals surface area contributed by atoms with Crippen LogP contribution in [0.15, 0.2) is 24.4 Å². The third kappa shape index (κ3) is 5.48. The average Bonchev–Trinajstić information content (AvgIpc) is 3.81. The van der Waals surface area contributed by atoms with Crippen molar-refractivity contribution in [3.8, 4) is 0 Å². The average molecular weight is 677 g/mol. The lowest BCUT2D eigenvalue weighted by Gasteiger charge is -2.72. The highest BCUT2D eigenvalue weighted by molar-refractivity contribution is 5.84. The Morgan fingerprint density at radius 3 is 2.24 bits per heavy atom. The van der Waals surface area contributed by atoms with Gasteiger partial charge in [-0.2, -0.15) is 0 Å². The van der Waals surface area contributed by atoms with Gasteiger partial charge in [0.15, 0.2) is 0 Å². The molecule has 5 aliphatic carbocycles. The maximum Gasteiger partial charge on any atom is 0.309 e. The van der Waals surface area contributed by atoms with Crippen LogP contribution < -0.4 is 5.32 Å². The molecule has 1 aromatic heterocycles. The summed E-state index contributed by atoms with van der Waals surface area (Å²) in [7, 11) is 0. The Balaban J connectivity index is 1.22. The number of amides is 1. The first-order valence-corrected chi connectivity index (χ1v) is 19.5.